The first kappa shape index (κ1) is 23.0. The number of carbonyl (C=O) groups is 1. The Bertz CT molecular complexity index is 940. The summed E-state index contributed by atoms with van der Waals surface area (Å²) in [5, 5.41) is 0. The van der Waals surface area contributed by atoms with Crippen LogP contribution < -0.4 is 9.64 Å². The molecule has 1 aliphatic heterocycles. The molecule has 2 aromatic rings. The van der Waals surface area contributed by atoms with Crippen LogP contribution in [0.3, 0.4) is 0 Å². The molecule has 0 aromatic heterocycles. The molecule has 0 amide bonds. The van der Waals surface area contributed by atoms with Gasteiger partial charge in [-0.05, 0) is 71.4 Å². The quantitative estimate of drug-likeness (QED) is 0.426. The van der Waals surface area contributed by atoms with Crippen LogP contribution in [0.4, 0.5) is 18.9 Å². The summed E-state index contributed by atoms with van der Waals surface area (Å²) in [6.07, 6.45) is -4.42. The van der Waals surface area contributed by atoms with Crippen molar-refractivity contribution in [1.29, 1.82) is 0 Å². The molecule has 1 aliphatic rings. The largest absolute Gasteiger partial charge is 0.486 e. The summed E-state index contributed by atoms with van der Waals surface area (Å²) in [6.45, 7) is 11.1. The summed E-state index contributed by atoms with van der Waals surface area (Å²) in [6, 6.07) is 11.1. The highest BCUT2D eigenvalue weighted by Gasteiger charge is 2.56. The first-order valence-corrected chi connectivity index (χ1v) is 10.1. The molecular formula is C24H28F3NO3. The maximum absolute atomic E-state index is 13.0. The van der Waals surface area contributed by atoms with Gasteiger partial charge in [0.15, 0.2) is 6.04 Å². The van der Waals surface area contributed by atoms with Gasteiger partial charge in [0.05, 0.1) is 17.3 Å². The summed E-state index contributed by atoms with van der Waals surface area (Å²) < 4.78 is 50.6. The van der Waals surface area contributed by atoms with Gasteiger partial charge < -0.3 is 14.4 Å². The molecule has 1 saturated heterocycles. The Morgan fingerprint density at radius 1 is 0.871 bits per heavy atom. The number of esters is 1. The lowest BCUT2D eigenvalue weighted by atomic mass is 10.1. The zero-order valence-electron chi connectivity index (χ0n) is 18.6. The van der Waals surface area contributed by atoms with Crippen LogP contribution in [0.2, 0.25) is 0 Å². The molecule has 0 radical (unpaired) electrons. The summed E-state index contributed by atoms with van der Waals surface area (Å²) in [7, 11) is 0. The van der Waals surface area contributed by atoms with Crippen molar-refractivity contribution < 1.29 is 27.4 Å². The number of para-hydroxylation sites is 2. The van der Waals surface area contributed by atoms with E-state index in [4.69, 9.17) is 9.47 Å². The predicted molar refractivity (Wildman–Crippen MR) is 113 cm³/mol. The lowest BCUT2D eigenvalue weighted by molar-refractivity contribution is -0.154. The Labute approximate surface area is 181 Å². The minimum absolute atomic E-state index is 0.428. The normalized spacial score (nSPS) is 19.2. The average Bonchev–Trinajstić information content (AvgIpc) is 3.34. The number of carbonyl (C=O) groups excluding carboxylic acids is 1. The topological polar surface area (TPSA) is 38.5 Å². The third kappa shape index (κ3) is 5.51. The van der Waals surface area contributed by atoms with E-state index in [1.807, 2.05) is 49.9 Å². The van der Waals surface area contributed by atoms with Gasteiger partial charge in [0.1, 0.15) is 17.0 Å². The Hall–Kier alpha value is -2.70. The van der Waals surface area contributed by atoms with E-state index in [0.717, 1.165) is 12.1 Å². The van der Waals surface area contributed by atoms with Crippen molar-refractivity contribution in [2.24, 2.45) is 0 Å². The van der Waals surface area contributed by atoms with E-state index in [0.29, 0.717) is 17.0 Å². The molecule has 4 nitrogen and oxygen atoms in total. The van der Waals surface area contributed by atoms with Gasteiger partial charge in [-0.25, -0.2) is 4.79 Å². The number of nitrogens with zero attached hydrogens (tertiary/aromatic N) is 1. The monoisotopic (exact) mass is 435 g/mol. The second-order valence-electron chi connectivity index (χ2n) is 9.63. The van der Waals surface area contributed by atoms with Crippen molar-refractivity contribution in [2.45, 2.75) is 71.0 Å². The van der Waals surface area contributed by atoms with Gasteiger partial charge in [0.25, 0.3) is 0 Å². The number of hydrogen-bond acceptors (Lipinski definition) is 4. The van der Waals surface area contributed by atoms with E-state index in [2.05, 4.69) is 0 Å². The number of ether oxygens (including phenoxy) is 2. The molecule has 0 bridgehead atoms. The summed E-state index contributed by atoms with van der Waals surface area (Å²) in [4.78, 5) is 14.8. The Balaban J connectivity index is 1.98. The molecule has 31 heavy (non-hydrogen) atoms. The zero-order chi connectivity index (χ0) is 23.2. The highest BCUT2D eigenvalue weighted by Crippen LogP contribution is 2.51. The average molecular weight is 435 g/mol. The number of alkyl halides is 3. The van der Waals surface area contributed by atoms with Crippen molar-refractivity contribution in [2.75, 3.05) is 4.90 Å². The SMILES string of the molecule is CC(C)(C)OC(=O)[C@H]1[C@@H](c2ccc(C(F)(F)F)cc2)N1c1ccccc1OC(C)(C)C. The fraction of sp³-hybridized carbons (Fsp3) is 0.458. The van der Waals surface area contributed by atoms with E-state index in [1.165, 1.54) is 12.1 Å². The molecule has 1 fully saturated rings. The third-order valence-corrected chi connectivity index (χ3v) is 4.60. The minimum atomic E-state index is -4.42. The first-order valence-electron chi connectivity index (χ1n) is 10.1. The predicted octanol–water partition coefficient (Wildman–Crippen LogP) is 6.15. The molecule has 0 aliphatic carbocycles. The maximum atomic E-state index is 13.0. The van der Waals surface area contributed by atoms with Crippen LogP contribution in [0.15, 0.2) is 48.5 Å². The van der Waals surface area contributed by atoms with Crippen LogP contribution in [0.1, 0.15) is 58.7 Å². The molecule has 2 aromatic carbocycles. The Kier molecular flexibility index (Phi) is 5.76. The smallest absolute Gasteiger partial charge is 0.416 e. The van der Waals surface area contributed by atoms with Crippen LogP contribution >= 0.6 is 0 Å². The molecule has 2 atom stereocenters. The van der Waals surface area contributed by atoms with Crippen molar-refractivity contribution in [3.8, 4) is 5.75 Å². The molecule has 1 heterocycles. The molecule has 7 heteroatoms. The third-order valence-electron chi connectivity index (χ3n) is 4.60. The molecule has 0 N–H and O–H groups in total. The highest BCUT2D eigenvalue weighted by atomic mass is 19.4. The van der Waals surface area contributed by atoms with E-state index in [1.54, 1.807) is 20.8 Å². The number of hydrogen-bond donors (Lipinski definition) is 0. The van der Waals surface area contributed by atoms with E-state index < -0.39 is 41.0 Å². The first-order chi connectivity index (χ1) is 14.2. The second-order valence-corrected chi connectivity index (χ2v) is 9.63. The molecule has 0 unspecified atom stereocenters. The van der Waals surface area contributed by atoms with Crippen LogP contribution in [0.5, 0.6) is 5.75 Å². The number of rotatable bonds is 4. The molecule has 0 saturated carbocycles. The van der Waals surface area contributed by atoms with E-state index >= 15 is 0 Å². The van der Waals surface area contributed by atoms with Crippen molar-refractivity contribution >= 4 is 11.7 Å². The van der Waals surface area contributed by atoms with E-state index in [-0.39, 0.29) is 0 Å². The molecule has 0 spiro atoms. The fourth-order valence-corrected chi connectivity index (χ4v) is 3.43. The van der Waals surface area contributed by atoms with Gasteiger partial charge in [0.2, 0.25) is 0 Å². The zero-order valence-corrected chi connectivity index (χ0v) is 18.6. The summed E-state index contributed by atoms with van der Waals surface area (Å²) >= 11 is 0. The molecule has 3 rings (SSSR count). The molecular weight excluding hydrogens is 407 g/mol. The Morgan fingerprint density at radius 3 is 1.97 bits per heavy atom. The molecule has 168 valence electrons. The van der Waals surface area contributed by atoms with Crippen molar-refractivity contribution in [3.63, 3.8) is 0 Å². The summed E-state index contributed by atoms with van der Waals surface area (Å²) in [5.41, 5.74) is -0.573. The van der Waals surface area contributed by atoms with Crippen molar-refractivity contribution in [3.05, 3.63) is 59.7 Å². The highest BCUT2D eigenvalue weighted by molar-refractivity contribution is 5.90. The standard InChI is InChI=1S/C24H28F3NO3/c1-22(2,3)30-18-10-8-7-9-17(18)28-19(20(28)21(29)31-23(4,5)6)15-11-13-16(14-12-15)24(25,26)27/h7-14,19-20H,1-6H3/t19-,20-,28?/m1/s1. The van der Waals surface area contributed by atoms with Crippen LogP contribution in [0.25, 0.3) is 0 Å². The van der Waals surface area contributed by atoms with Gasteiger partial charge in [-0.15, -0.1) is 0 Å². The van der Waals surface area contributed by atoms with Gasteiger partial charge >= 0.3 is 12.1 Å². The maximum Gasteiger partial charge on any atom is 0.416 e. The second kappa shape index (κ2) is 7.77. The minimum Gasteiger partial charge on any atom is -0.486 e. The van der Waals surface area contributed by atoms with Gasteiger partial charge in [0, 0.05) is 0 Å². The van der Waals surface area contributed by atoms with Gasteiger partial charge in [-0.2, -0.15) is 13.2 Å². The fourth-order valence-electron chi connectivity index (χ4n) is 3.43. The van der Waals surface area contributed by atoms with Gasteiger partial charge in [-0.3, -0.25) is 0 Å². The number of halogens is 3. The van der Waals surface area contributed by atoms with E-state index in [9.17, 15) is 18.0 Å². The van der Waals surface area contributed by atoms with Crippen LogP contribution in [-0.4, -0.2) is 23.2 Å². The summed E-state index contributed by atoms with van der Waals surface area (Å²) in [5.74, 6) is 0.168. The Morgan fingerprint density at radius 2 is 1.45 bits per heavy atom. The van der Waals surface area contributed by atoms with Crippen LogP contribution in [-0.2, 0) is 15.7 Å². The van der Waals surface area contributed by atoms with Crippen molar-refractivity contribution in [1.82, 2.24) is 0 Å². The number of anilines is 1. The lowest BCUT2D eigenvalue weighted by Crippen LogP contribution is -2.28. The lowest BCUT2D eigenvalue weighted by Gasteiger charge is -2.24. The van der Waals surface area contributed by atoms with Crippen LogP contribution in [0, 0.1) is 0 Å². The number of benzene rings is 2. The van der Waals surface area contributed by atoms with Gasteiger partial charge in [-0.1, -0.05) is 24.3 Å².